The molecule has 0 aromatic heterocycles. The minimum atomic E-state index is -0.782. The van der Waals surface area contributed by atoms with Crippen LogP contribution >= 0.6 is 0 Å². The highest BCUT2D eigenvalue weighted by Gasteiger charge is 2.19. The van der Waals surface area contributed by atoms with E-state index >= 15 is 0 Å². The molecule has 0 aliphatic carbocycles. The third-order valence-electron chi connectivity index (χ3n) is 16.3. The molecular weight excluding hydrogens is 997 g/mol. The molecule has 1 atom stereocenters. The summed E-state index contributed by atoms with van der Waals surface area (Å²) in [5.41, 5.74) is 0. The van der Waals surface area contributed by atoms with Crippen molar-refractivity contribution in [2.75, 3.05) is 13.2 Å². The molecule has 0 amide bonds. The molecule has 0 heterocycles. The summed E-state index contributed by atoms with van der Waals surface area (Å²) in [6.45, 7) is 6.59. The summed E-state index contributed by atoms with van der Waals surface area (Å²) >= 11 is 0. The molecule has 81 heavy (non-hydrogen) atoms. The SMILES string of the molecule is CC/C=C\C/C=C\C/C=C\C/C=C\CCCCCCC(=O)OCC(COC(=O)CCCCCCCCCCCCCCCCCCCCCCCCCCCCCC)OC(=O)CCCCCCCCCCCCCCCCCCCC. The van der Waals surface area contributed by atoms with Crippen molar-refractivity contribution in [3.8, 4) is 0 Å². The molecule has 0 aromatic carbocycles. The molecule has 0 spiro atoms. The Hall–Kier alpha value is -2.63. The highest BCUT2D eigenvalue weighted by molar-refractivity contribution is 5.71. The number of hydrogen-bond donors (Lipinski definition) is 0. The zero-order valence-corrected chi connectivity index (χ0v) is 54.6. The van der Waals surface area contributed by atoms with Crippen molar-refractivity contribution in [2.45, 2.75) is 399 Å². The number of allylic oxidation sites excluding steroid dienone is 8. The minimum absolute atomic E-state index is 0.0756. The van der Waals surface area contributed by atoms with Crippen molar-refractivity contribution in [2.24, 2.45) is 0 Å². The Bertz CT molecular complexity index is 1400. The first-order valence-corrected chi connectivity index (χ1v) is 36.1. The summed E-state index contributed by atoms with van der Waals surface area (Å²) in [6.07, 6.45) is 88.7. The van der Waals surface area contributed by atoms with Crippen molar-refractivity contribution in [3.63, 3.8) is 0 Å². The van der Waals surface area contributed by atoms with Gasteiger partial charge in [-0.05, 0) is 57.8 Å². The summed E-state index contributed by atoms with van der Waals surface area (Å²) in [4.78, 5) is 38.5. The molecular formula is C75H138O6. The smallest absolute Gasteiger partial charge is 0.306 e. The molecule has 0 aliphatic heterocycles. The molecule has 0 aromatic rings. The average Bonchev–Trinajstić information content (AvgIpc) is 3.47. The van der Waals surface area contributed by atoms with Crippen LogP contribution in [-0.2, 0) is 28.6 Å². The number of carbonyl (C=O) groups is 3. The van der Waals surface area contributed by atoms with Crippen LogP contribution in [0.4, 0.5) is 0 Å². The van der Waals surface area contributed by atoms with Gasteiger partial charge in [-0.2, -0.15) is 0 Å². The van der Waals surface area contributed by atoms with Crippen molar-refractivity contribution in [1.82, 2.24) is 0 Å². The van der Waals surface area contributed by atoms with Gasteiger partial charge in [0.05, 0.1) is 0 Å². The van der Waals surface area contributed by atoms with Gasteiger partial charge in [-0.3, -0.25) is 14.4 Å². The van der Waals surface area contributed by atoms with Crippen LogP contribution in [0.1, 0.15) is 393 Å². The highest BCUT2D eigenvalue weighted by atomic mass is 16.6. The molecule has 0 aliphatic rings. The first-order chi connectivity index (χ1) is 40.0. The molecule has 474 valence electrons. The van der Waals surface area contributed by atoms with Crippen molar-refractivity contribution < 1.29 is 28.6 Å². The van der Waals surface area contributed by atoms with Gasteiger partial charge in [-0.25, -0.2) is 0 Å². The van der Waals surface area contributed by atoms with Gasteiger partial charge in [0.15, 0.2) is 6.10 Å². The average molecular weight is 1140 g/mol. The molecule has 6 heteroatoms. The van der Waals surface area contributed by atoms with Crippen LogP contribution in [0.15, 0.2) is 48.6 Å². The first kappa shape index (κ1) is 78.4. The predicted octanol–water partition coefficient (Wildman–Crippen LogP) is 24.9. The fourth-order valence-corrected chi connectivity index (χ4v) is 11.0. The lowest BCUT2D eigenvalue weighted by atomic mass is 10.0. The normalized spacial score (nSPS) is 12.3. The molecule has 0 saturated heterocycles. The number of carbonyl (C=O) groups excluding carboxylic acids is 3. The van der Waals surface area contributed by atoms with E-state index in [-0.39, 0.29) is 31.1 Å². The quantitative estimate of drug-likeness (QED) is 0.0261. The first-order valence-electron chi connectivity index (χ1n) is 36.1. The minimum Gasteiger partial charge on any atom is -0.462 e. The van der Waals surface area contributed by atoms with E-state index in [4.69, 9.17) is 14.2 Å². The van der Waals surface area contributed by atoms with Crippen LogP contribution in [0.25, 0.3) is 0 Å². The lowest BCUT2D eigenvalue weighted by molar-refractivity contribution is -0.167. The summed E-state index contributed by atoms with van der Waals surface area (Å²) in [5.74, 6) is -0.871. The maximum atomic E-state index is 13.0. The van der Waals surface area contributed by atoms with Crippen LogP contribution in [0.3, 0.4) is 0 Å². The van der Waals surface area contributed by atoms with Gasteiger partial charge in [0.25, 0.3) is 0 Å². The lowest BCUT2D eigenvalue weighted by Crippen LogP contribution is -2.30. The fraction of sp³-hybridized carbons (Fsp3) is 0.853. The highest BCUT2D eigenvalue weighted by Crippen LogP contribution is 2.19. The van der Waals surface area contributed by atoms with E-state index in [0.29, 0.717) is 19.3 Å². The maximum Gasteiger partial charge on any atom is 0.306 e. The van der Waals surface area contributed by atoms with E-state index in [0.717, 1.165) is 96.3 Å². The van der Waals surface area contributed by atoms with Gasteiger partial charge < -0.3 is 14.2 Å². The van der Waals surface area contributed by atoms with E-state index in [1.54, 1.807) is 0 Å². The third-order valence-corrected chi connectivity index (χ3v) is 16.3. The molecule has 6 nitrogen and oxygen atoms in total. The Morgan fingerprint density at radius 2 is 0.481 bits per heavy atom. The van der Waals surface area contributed by atoms with Crippen LogP contribution < -0.4 is 0 Å². The zero-order chi connectivity index (χ0) is 58.5. The second kappa shape index (κ2) is 69.9. The lowest BCUT2D eigenvalue weighted by Gasteiger charge is -2.18. The molecule has 0 bridgehead atoms. The second-order valence-corrected chi connectivity index (χ2v) is 24.5. The Labute approximate surface area is 505 Å². The fourth-order valence-electron chi connectivity index (χ4n) is 11.0. The van der Waals surface area contributed by atoms with E-state index < -0.39 is 6.10 Å². The molecule has 0 saturated carbocycles. The van der Waals surface area contributed by atoms with Crippen LogP contribution in [0.2, 0.25) is 0 Å². The van der Waals surface area contributed by atoms with Crippen LogP contribution in [0, 0.1) is 0 Å². The van der Waals surface area contributed by atoms with Gasteiger partial charge in [-0.1, -0.05) is 365 Å². The van der Waals surface area contributed by atoms with Gasteiger partial charge in [-0.15, -0.1) is 0 Å². The Morgan fingerprint density at radius 1 is 0.259 bits per heavy atom. The van der Waals surface area contributed by atoms with E-state index in [1.807, 2.05) is 0 Å². The predicted molar refractivity (Wildman–Crippen MR) is 353 cm³/mol. The topological polar surface area (TPSA) is 78.9 Å². The van der Waals surface area contributed by atoms with Crippen molar-refractivity contribution in [3.05, 3.63) is 48.6 Å². The summed E-state index contributed by atoms with van der Waals surface area (Å²) in [7, 11) is 0. The monoisotopic (exact) mass is 1140 g/mol. The number of esters is 3. The van der Waals surface area contributed by atoms with Gasteiger partial charge >= 0.3 is 17.9 Å². The molecule has 0 fully saturated rings. The van der Waals surface area contributed by atoms with E-state index in [1.165, 1.54) is 257 Å². The molecule has 0 radical (unpaired) electrons. The summed E-state index contributed by atoms with van der Waals surface area (Å²) < 4.78 is 17.0. The number of unbranched alkanes of at least 4 members (excludes halogenated alkanes) is 48. The van der Waals surface area contributed by atoms with E-state index in [2.05, 4.69) is 69.4 Å². The number of rotatable bonds is 67. The summed E-state index contributed by atoms with van der Waals surface area (Å²) in [6, 6.07) is 0. The standard InChI is InChI=1S/C75H138O6/c1-4-7-10-13-16-19-22-25-28-31-33-34-35-36-37-38-39-40-41-42-45-47-50-53-56-59-62-65-68-74(77)80-71-72(70-79-73(76)67-64-61-58-55-52-49-46-43-30-27-24-21-18-15-12-9-6-3)81-75(78)69-66-63-60-57-54-51-48-44-32-29-26-23-20-17-14-11-8-5-2/h9,12,18,21,27,30,46,49,72H,4-8,10-11,13-17,19-20,22-26,28-29,31-45,47-48,50-71H2,1-3H3/b12-9-,21-18-,30-27-,49-46-. The van der Waals surface area contributed by atoms with Crippen LogP contribution in [-0.4, -0.2) is 37.2 Å². The largest absolute Gasteiger partial charge is 0.462 e. The Balaban J connectivity index is 4.25. The molecule has 0 N–H and O–H groups in total. The van der Waals surface area contributed by atoms with Crippen molar-refractivity contribution in [1.29, 1.82) is 0 Å². The van der Waals surface area contributed by atoms with Gasteiger partial charge in [0, 0.05) is 19.3 Å². The number of ether oxygens (including phenoxy) is 3. The van der Waals surface area contributed by atoms with Gasteiger partial charge in [0.2, 0.25) is 0 Å². The van der Waals surface area contributed by atoms with E-state index in [9.17, 15) is 14.4 Å². The Kier molecular flexibility index (Phi) is 67.6. The maximum absolute atomic E-state index is 13.0. The van der Waals surface area contributed by atoms with Gasteiger partial charge in [0.1, 0.15) is 13.2 Å². The van der Waals surface area contributed by atoms with Crippen LogP contribution in [0.5, 0.6) is 0 Å². The molecule has 1 unspecified atom stereocenters. The second-order valence-electron chi connectivity index (χ2n) is 24.5. The Morgan fingerprint density at radius 3 is 0.753 bits per heavy atom. The zero-order valence-electron chi connectivity index (χ0n) is 54.6. The molecule has 0 rings (SSSR count). The van der Waals surface area contributed by atoms with Crippen molar-refractivity contribution >= 4 is 17.9 Å². The summed E-state index contributed by atoms with van der Waals surface area (Å²) in [5, 5.41) is 0. The number of hydrogen-bond acceptors (Lipinski definition) is 6. The third kappa shape index (κ3) is 68.0.